The van der Waals surface area contributed by atoms with Crippen LogP contribution in [-0.2, 0) is 11.3 Å². The fourth-order valence-electron chi connectivity index (χ4n) is 1.44. The molecule has 2 N–H and O–H groups in total. The van der Waals surface area contributed by atoms with E-state index in [9.17, 15) is 4.79 Å². The van der Waals surface area contributed by atoms with Gasteiger partial charge in [0.25, 0.3) is 0 Å². The van der Waals surface area contributed by atoms with Crippen molar-refractivity contribution in [2.75, 3.05) is 5.73 Å². The van der Waals surface area contributed by atoms with Gasteiger partial charge in [0.2, 0.25) is 0 Å². The number of aryl methyl sites for hydroxylation is 1. The summed E-state index contributed by atoms with van der Waals surface area (Å²) in [6, 6.07) is 7.10. The van der Waals surface area contributed by atoms with Crippen LogP contribution in [-0.4, -0.2) is 10.3 Å². The molecule has 1 aromatic heterocycles. The highest BCUT2D eigenvalue weighted by Gasteiger charge is 2.17. The molecule has 4 nitrogen and oxygen atoms in total. The molecule has 0 radical (unpaired) electrons. The van der Waals surface area contributed by atoms with Gasteiger partial charge >= 0.3 is 5.97 Å². The van der Waals surface area contributed by atoms with Crippen LogP contribution in [0.2, 0.25) is 5.02 Å². The van der Waals surface area contributed by atoms with Crippen molar-refractivity contribution in [1.29, 1.82) is 0 Å². The zero-order valence-electron chi connectivity index (χ0n) is 9.64. The summed E-state index contributed by atoms with van der Waals surface area (Å²) in [6.45, 7) is 1.91. The minimum Gasteiger partial charge on any atom is -0.457 e. The van der Waals surface area contributed by atoms with Crippen molar-refractivity contribution >= 4 is 34.1 Å². The van der Waals surface area contributed by atoms with Crippen molar-refractivity contribution in [3.63, 3.8) is 0 Å². The summed E-state index contributed by atoms with van der Waals surface area (Å²) in [6.07, 6.45) is 0. The Bertz CT molecular complexity index is 546. The highest BCUT2D eigenvalue weighted by molar-refractivity contribution is 7.10. The molecule has 1 aromatic carbocycles. The lowest BCUT2D eigenvalue weighted by molar-refractivity contribution is 0.0473. The van der Waals surface area contributed by atoms with Gasteiger partial charge in [-0.25, -0.2) is 4.79 Å². The van der Waals surface area contributed by atoms with Crippen LogP contribution in [0.25, 0.3) is 0 Å². The van der Waals surface area contributed by atoms with Gasteiger partial charge in [-0.15, -0.1) is 0 Å². The monoisotopic (exact) mass is 282 g/mol. The molecule has 2 rings (SSSR count). The fraction of sp³-hybridized carbons (Fsp3) is 0.167. The van der Waals surface area contributed by atoms with Crippen molar-refractivity contribution in [3.8, 4) is 0 Å². The summed E-state index contributed by atoms with van der Waals surface area (Å²) >= 11 is 6.86. The number of hydrogen-bond acceptors (Lipinski definition) is 5. The number of halogens is 1. The molecule has 0 atom stereocenters. The van der Waals surface area contributed by atoms with E-state index in [1.807, 2.05) is 0 Å². The summed E-state index contributed by atoms with van der Waals surface area (Å²) < 4.78 is 9.18. The third-order valence-corrected chi connectivity index (χ3v) is 3.39. The third-order valence-electron chi connectivity index (χ3n) is 2.38. The molecule has 0 aliphatic carbocycles. The van der Waals surface area contributed by atoms with Gasteiger partial charge in [0.15, 0.2) is 0 Å². The normalized spacial score (nSPS) is 10.3. The number of aromatic nitrogens is 1. The van der Waals surface area contributed by atoms with Crippen LogP contribution >= 0.6 is 23.1 Å². The molecule has 0 aliphatic rings. The summed E-state index contributed by atoms with van der Waals surface area (Å²) in [5, 5.41) is 1.03. The van der Waals surface area contributed by atoms with E-state index in [0.717, 1.165) is 17.1 Å². The van der Waals surface area contributed by atoms with Crippen LogP contribution in [0.15, 0.2) is 24.3 Å². The van der Waals surface area contributed by atoms with Crippen LogP contribution < -0.4 is 5.73 Å². The molecule has 2 aromatic rings. The van der Waals surface area contributed by atoms with Gasteiger partial charge < -0.3 is 10.5 Å². The second-order valence-electron chi connectivity index (χ2n) is 3.71. The molecule has 0 bridgehead atoms. The quantitative estimate of drug-likeness (QED) is 0.879. The van der Waals surface area contributed by atoms with E-state index in [2.05, 4.69) is 4.37 Å². The number of carbonyl (C=O) groups excluding carboxylic acids is 1. The molecular weight excluding hydrogens is 272 g/mol. The van der Waals surface area contributed by atoms with Crippen molar-refractivity contribution in [2.24, 2.45) is 0 Å². The number of ether oxygens (including phenoxy) is 1. The first kappa shape index (κ1) is 12.9. The number of esters is 1. The molecule has 0 aliphatic heterocycles. The Hall–Kier alpha value is -1.59. The molecule has 0 unspecified atom stereocenters. The maximum Gasteiger partial charge on any atom is 0.343 e. The van der Waals surface area contributed by atoms with Crippen LogP contribution in [0.4, 0.5) is 5.00 Å². The Morgan fingerprint density at radius 2 is 2.11 bits per heavy atom. The SMILES string of the molecule is Cc1nsc(N)c1C(=O)OCc1ccc(Cl)cc1. The van der Waals surface area contributed by atoms with Gasteiger partial charge in [0.05, 0.1) is 5.69 Å². The average molecular weight is 283 g/mol. The first-order chi connectivity index (χ1) is 8.58. The van der Waals surface area contributed by atoms with Gasteiger partial charge in [0, 0.05) is 5.02 Å². The van der Waals surface area contributed by atoms with Crippen molar-refractivity contribution in [1.82, 2.24) is 4.37 Å². The largest absolute Gasteiger partial charge is 0.457 e. The Balaban J connectivity index is 2.03. The Morgan fingerprint density at radius 1 is 1.44 bits per heavy atom. The van der Waals surface area contributed by atoms with Crippen LogP contribution in [0.3, 0.4) is 0 Å². The van der Waals surface area contributed by atoms with Gasteiger partial charge in [-0.05, 0) is 36.2 Å². The number of anilines is 1. The summed E-state index contributed by atoms with van der Waals surface area (Å²) in [7, 11) is 0. The highest BCUT2D eigenvalue weighted by Crippen LogP contribution is 2.22. The molecule has 6 heteroatoms. The standard InChI is InChI=1S/C12H11ClN2O2S/c1-7-10(11(14)18-15-7)12(16)17-6-8-2-4-9(13)5-3-8/h2-5H,6,14H2,1H3. The smallest absolute Gasteiger partial charge is 0.343 e. The van der Waals surface area contributed by atoms with E-state index in [-0.39, 0.29) is 6.61 Å². The molecule has 0 saturated carbocycles. The second kappa shape index (κ2) is 5.37. The Labute approximate surface area is 114 Å². The van der Waals surface area contributed by atoms with E-state index < -0.39 is 5.97 Å². The summed E-state index contributed by atoms with van der Waals surface area (Å²) in [5.74, 6) is -0.450. The number of hydrogen-bond donors (Lipinski definition) is 1. The van der Waals surface area contributed by atoms with Gasteiger partial charge in [-0.2, -0.15) is 4.37 Å². The zero-order valence-corrected chi connectivity index (χ0v) is 11.2. The van der Waals surface area contributed by atoms with E-state index in [0.29, 0.717) is 21.3 Å². The predicted molar refractivity (Wildman–Crippen MR) is 71.8 cm³/mol. The fourth-order valence-corrected chi connectivity index (χ4v) is 2.21. The Kier molecular flexibility index (Phi) is 3.84. The first-order valence-electron chi connectivity index (χ1n) is 5.21. The predicted octanol–water partition coefficient (Wildman–Crippen LogP) is 3.04. The number of nitrogens with two attached hydrogens (primary N) is 1. The number of nitrogen functional groups attached to an aromatic ring is 1. The number of rotatable bonds is 3. The molecular formula is C12H11ClN2O2S. The number of benzene rings is 1. The lowest BCUT2D eigenvalue weighted by atomic mass is 10.2. The molecule has 0 fully saturated rings. The van der Waals surface area contributed by atoms with Gasteiger partial charge in [-0.1, -0.05) is 23.7 Å². The molecule has 18 heavy (non-hydrogen) atoms. The molecule has 0 saturated heterocycles. The van der Waals surface area contributed by atoms with Crippen LogP contribution in [0.1, 0.15) is 21.6 Å². The lowest BCUT2D eigenvalue weighted by Gasteiger charge is -2.05. The van der Waals surface area contributed by atoms with Crippen molar-refractivity contribution in [3.05, 3.63) is 46.1 Å². The maximum absolute atomic E-state index is 11.8. The number of carbonyl (C=O) groups is 1. The van der Waals surface area contributed by atoms with Crippen molar-refractivity contribution < 1.29 is 9.53 Å². The van der Waals surface area contributed by atoms with E-state index in [1.54, 1.807) is 31.2 Å². The van der Waals surface area contributed by atoms with Gasteiger partial charge in [-0.3, -0.25) is 0 Å². The van der Waals surface area contributed by atoms with E-state index >= 15 is 0 Å². The summed E-state index contributed by atoms with van der Waals surface area (Å²) in [5.41, 5.74) is 7.49. The minimum absolute atomic E-state index is 0.185. The zero-order chi connectivity index (χ0) is 13.1. The lowest BCUT2D eigenvalue weighted by Crippen LogP contribution is -2.08. The molecule has 0 amide bonds. The van der Waals surface area contributed by atoms with Crippen LogP contribution in [0, 0.1) is 6.92 Å². The van der Waals surface area contributed by atoms with E-state index in [4.69, 9.17) is 22.1 Å². The first-order valence-corrected chi connectivity index (χ1v) is 6.36. The topological polar surface area (TPSA) is 65.2 Å². The summed E-state index contributed by atoms with van der Waals surface area (Å²) in [4.78, 5) is 11.8. The minimum atomic E-state index is -0.450. The molecule has 1 heterocycles. The van der Waals surface area contributed by atoms with Crippen molar-refractivity contribution in [2.45, 2.75) is 13.5 Å². The molecule has 0 spiro atoms. The molecule has 94 valence electrons. The third kappa shape index (κ3) is 2.80. The highest BCUT2D eigenvalue weighted by atomic mass is 35.5. The van der Waals surface area contributed by atoms with Crippen LogP contribution in [0.5, 0.6) is 0 Å². The maximum atomic E-state index is 11.8. The Morgan fingerprint density at radius 3 is 2.67 bits per heavy atom. The number of nitrogens with zero attached hydrogens (tertiary/aromatic N) is 1. The second-order valence-corrected chi connectivity index (χ2v) is 4.95. The van der Waals surface area contributed by atoms with E-state index in [1.165, 1.54) is 0 Å². The average Bonchev–Trinajstić information content (AvgIpc) is 2.68. The van der Waals surface area contributed by atoms with Gasteiger partial charge in [0.1, 0.15) is 17.2 Å².